The predicted octanol–water partition coefficient (Wildman–Crippen LogP) is 4.12. The van der Waals surface area contributed by atoms with Crippen molar-refractivity contribution < 1.29 is 13.9 Å². The molecule has 1 aliphatic rings. The largest absolute Gasteiger partial charge is 0.490 e. The Morgan fingerprint density at radius 2 is 2.00 bits per heavy atom. The SMILES string of the molecule is Cc1c(OC2CCN(C)CC2)ccc2cc(NC(=O)c3cn(Cc4ccccc4Cl)nn3)c(=O)oc12. The molecule has 0 spiro atoms. The van der Waals surface area contributed by atoms with Gasteiger partial charge in [-0.3, -0.25) is 4.79 Å². The van der Waals surface area contributed by atoms with Gasteiger partial charge in [0.25, 0.3) is 5.91 Å². The number of anilines is 1. The summed E-state index contributed by atoms with van der Waals surface area (Å²) in [5.74, 6) is 0.137. The summed E-state index contributed by atoms with van der Waals surface area (Å²) in [7, 11) is 2.10. The number of nitrogens with zero attached hydrogens (tertiary/aromatic N) is 4. The number of benzene rings is 2. The zero-order chi connectivity index (χ0) is 25.2. The minimum atomic E-state index is -0.654. The molecule has 0 atom stereocenters. The van der Waals surface area contributed by atoms with Crippen LogP contribution in [0, 0.1) is 6.92 Å². The maximum absolute atomic E-state index is 12.7. The van der Waals surface area contributed by atoms with E-state index in [9.17, 15) is 9.59 Å². The van der Waals surface area contributed by atoms with E-state index >= 15 is 0 Å². The number of hydrogen-bond donors (Lipinski definition) is 1. The highest BCUT2D eigenvalue weighted by Crippen LogP contribution is 2.30. The first kappa shape index (κ1) is 24.0. The highest BCUT2D eigenvalue weighted by atomic mass is 35.5. The van der Waals surface area contributed by atoms with Gasteiger partial charge in [-0.2, -0.15) is 0 Å². The number of carbonyl (C=O) groups is 1. The number of nitrogens with one attached hydrogen (secondary N) is 1. The number of rotatable bonds is 6. The lowest BCUT2D eigenvalue weighted by Crippen LogP contribution is -2.35. The van der Waals surface area contributed by atoms with E-state index in [0.29, 0.717) is 28.3 Å². The first-order chi connectivity index (χ1) is 17.4. The van der Waals surface area contributed by atoms with Gasteiger partial charge in [0.1, 0.15) is 23.1 Å². The normalized spacial score (nSPS) is 14.8. The van der Waals surface area contributed by atoms with E-state index in [1.54, 1.807) is 12.1 Å². The van der Waals surface area contributed by atoms with Gasteiger partial charge < -0.3 is 19.4 Å². The summed E-state index contributed by atoms with van der Waals surface area (Å²) in [4.78, 5) is 27.7. The molecule has 1 aliphatic heterocycles. The summed E-state index contributed by atoms with van der Waals surface area (Å²) in [6.07, 6.45) is 3.53. The topological polar surface area (TPSA) is 102 Å². The third-order valence-corrected chi connectivity index (χ3v) is 6.74. The maximum Gasteiger partial charge on any atom is 0.360 e. The van der Waals surface area contributed by atoms with Crippen molar-refractivity contribution in [3.63, 3.8) is 0 Å². The molecule has 1 N–H and O–H groups in total. The second-order valence-electron chi connectivity index (χ2n) is 9.02. The van der Waals surface area contributed by atoms with E-state index in [2.05, 4.69) is 27.6 Å². The van der Waals surface area contributed by atoms with Crippen molar-refractivity contribution in [2.24, 2.45) is 0 Å². The van der Waals surface area contributed by atoms with Gasteiger partial charge in [0.15, 0.2) is 5.69 Å². The van der Waals surface area contributed by atoms with Crippen LogP contribution in [0.1, 0.15) is 34.5 Å². The molecule has 1 saturated heterocycles. The van der Waals surface area contributed by atoms with E-state index < -0.39 is 11.5 Å². The van der Waals surface area contributed by atoms with Crippen LogP contribution < -0.4 is 15.7 Å². The minimum Gasteiger partial charge on any atom is -0.490 e. The Morgan fingerprint density at radius 1 is 1.22 bits per heavy atom. The lowest BCUT2D eigenvalue weighted by atomic mass is 10.1. The van der Waals surface area contributed by atoms with Crippen LogP contribution >= 0.6 is 11.6 Å². The molecule has 1 fully saturated rings. The van der Waals surface area contributed by atoms with Gasteiger partial charge >= 0.3 is 5.63 Å². The third kappa shape index (κ3) is 5.12. The van der Waals surface area contributed by atoms with Gasteiger partial charge in [-0.05, 0) is 56.6 Å². The zero-order valence-electron chi connectivity index (χ0n) is 20.0. The Bertz CT molecular complexity index is 1470. The summed E-state index contributed by atoms with van der Waals surface area (Å²) >= 11 is 6.20. The number of piperidine rings is 1. The Balaban J connectivity index is 1.31. The zero-order valence-corrected chi connectivity index (χ0v) is 20.8. The Kier molecular flexibility index (Phi) is 6.75. The standard InChI is InChI=1S/C26H26ClN5O4/c1-16-23(35-19-9-11-31(2)12-10-19)8-7-17-13-21(26(34)36-24(16)17)28-25(33)22-15-32(30-29-22)14-18-5-3-4-6-20(18)27/h3-8,13,15,19H,9-12,14H2,1-2H3,(H,28,33). The molecule has 36 heavy (non-hydrogen) atoms. The number of aromatic nitrogens is 3. The molecule has 2 aromatic heterocycles. The van der Waals surface area contributed by atoms with E-state index in [4.69, 9.17) is 20.8 Å². The molecule has 0 unspecified atom stereocenters. The first-order valence-corrected chi connectivity index (χ1v) is 12.1. The highest BCUT2D eigenvalue weighted by molar-refractivity contribution is 6.31. The average Bonchev–Trinajstić information content (AvgIpc) is 3.33. The van der Waals surface area contributed by atoms with Crippen molar-refractivity contribution in [2.45, 2.75) is 32.4 Å². The molecule has 3 heterocycles. The van der Waals surface area contributed by atoms with E-state index in [-0.39, 0.29) is 17.5 Å². The van der Waals surface area contributed by atoms with Crippen LogP contribution in [0.15, 0.2) is 57.9 Å². The number of halogens is 1. The predicted molar refractivity (Wildman–Crippen MR) is 137 cm³/mol. The molecule has 0 aliphatic carbocycles. The van der Waals surface area contributed by atoms with Crippen molar-refractivity contribution in [1.29, 1.82) is 0 Å². The quantitative estimate of drug-likeness (QED) is 0.391. The lowest BCUT2D eigenvalue weighted by Gasteiger charge is -2.29. The Hall–Kier alpha value is -3.69. The summed E-state index contributed by atoms with van der Waals surface area (Å²) in [5.41, 5.74) is 1.48. The molecule has 5 rings (SSSR count). The smallest absolute Gasteiger partial charge is 0.360 e. The number of amides is 1. The number of ether oxygens (including phenoxy) is 1. The molecule has 2 aromatic carbocycles. The molecule has 186 valence electrons. The van der Waals surface area contributed by atoms with Gasteiger partial charge in [0.2, 0.25) is 0 Å². The van der Waals surface area contributed by atoms with Crippen molar-refractivity contribution in [3.05, 3.63) is 80.9 Å². The van der Waals surface area contributed by atoms with Crippen molar-refractivity contribution in [1.82, 2.24) is 19.9 Å². The molecule has 9 nitrogen and oxygen atoms in total. The summed E-state index contributed by atoms with van der Waals surface area (Å²) in [6, 6.07) is 12.7. The van der Waals surface area contributed by atoms with Gasteiger partial charge in [-0.15, -0.1) is 5.10 Å². The van der Waals surface area contributed by atoms with Crippen LogP contribution in [0.25, 0.3) is 11.0 Å². The highest BCUT2D eigenvalue weighted by Gasteiger charge is 2.20. The van der Waals surface area contributed by atoms with Crippen molar-refractivity contribution in [2.75, 3.05) is 25.5 Å². The summed E-state index contributed by atoms with van der Waals surface area (Å²) in [5, 5.41) is 11.8. The maximum atomic E-state index is 12.7. The van der Waals surface area contributed by atoms with Gasteiger partial charge in [-0.25, -0.2) is 9.48 Å². The second-order valence-corrected chi connectivity index (χ2v) is 9.43. The minimum absolute atomic E-state index is 0.0246. The third-order valence-electron chi connectivity index (χ3n) is 6.37. The van der Waals surface area contributed by atoms with Crippen LogP contribution in [0.5, 0.6) is 5.75 Å². The molecule has 0 saturated carbocycles. The fourth-order valence-corrected chi connectivity index (χ4v) is 4.47. The molecular weight excluding hydrogens is 482 g/mol. The molecule has 0 radical (unpaired) electrons. The molecule has 1 amide bonds. The van der Waals surface area contributed by atoms with Crippen molar-refractivity contribution >= 4 is 34.2 Å². The number of carbonyl (C=O) groups excluding carboxylic acids is 1. The fourth-order valence-electron chi connectivity index (χ4n) is 4.27. The lowest BCUT2D eigenvalue weighted by molar-refractivity contribution is 0.102. The van der Waals surface area contributed by atoms with Gasteiger partial charge in [0, 0.05) is 29.1 Å². The van der Waals surface area contributed by atoms with Gasteiger partial charge in [-0.1, -0.05) is 35.0 Å². The monoisotopic (exact) mass is 507 g/mol. The van der Waals surface area contributed by atoms with Crippen LogP contribution in [-0.2, 0) is 6.54 Å². The number of hydrogen-bond acceptors (Lipinski definition) is 7. The number of aryl methyl sites for hydroxylation is 1. The second kappa shape index (κ2) is 10.1. The first-order valence-electron chi connectivity index (χ1n) is 11.7. The fraction of sp³-hybridized carbons (Fsp3) is 0.308. The Morgan fingerprint density at radius 3 is 2.78 bits per heavy atom. The van der Waals surface area contributed by atoms with Crippen LogP contribution in [0.2, 0.25) is 5.02 Å². The molecule has 0 bridgehead atoms. The Labute approximate surface area is 212 Å². The van der Waals surface area contributed by atoms with Gasteiger partial charge in [0.05, 0.1) is 12.7 Å². The molecule has 4 aromatic rings. The summed E-state index contributed by atoms with van der Waals surface area (Å²) < 4.78 is 13.3. The van der Waals surface area contributed by atoms with Crippen LogP contribution in [-0.4, -0.2) is 52.0 Å². The van der Waals surface area contributed by atoms with E-state index in [0.717, 1.165) is 37.1 Å². The van der Waals surface area contributed by atoms with Crippen LogP contribution in [0.3, 0.4) is 0 Å². The number of fused-ring (bicyclic) bond motifs is 1. The molecule has 10 heteroatoms. The average molecular weight is 508 g/mol. The number of likely N-dealkylation sites (tertiary alicyclic amines) is 1. The van der Waals surface area contributed by atoms with Crippen molar-refractivity contribution in [3.8, 4) is 5.75 Å². The van der Waals surface area contributed by atoms with E-state index in [1.165, 1.54) is 10.9 Å². The van der Waals surface area contributed by atoms with Crippen LogP contribution in [0.4, 0.5) is 5.69 Å². The molecular formula is C26H26ClN5O4. The van der Waals surface area contributed by atoms with E-state index in [1.807, 2.05) is 37.3 Å². The summed E-state index contributed by atoms with van der Waals surface area (Å²) in [6.45, 7) is 4.21.